The number of thiophene rings is 1. The van der Waals surface area contributed by atoms with Crippen molar-refractivity contribution in [3.8, 4) is 0 Å². The van der Waals surface area contributed by atoms with Gasteiger partial charge in [0.2, 0.25) is 0 Å². The van der Waals surface area contributed by atoms with Crippen LogP contribution in [0.4, 0.5) is 0 Å². The molecule has 4 heteroatoms. The van der Waals surface area contributed by atoms with Crippen molar-refractivity contribution >= 4 is 11.3 Å². The monoisotopic (exact) mass is 262 g/mol. The lowest BCUT2D eigenvalue weighted by Gasteiger charge is -2.21. The van der Waals surface area contributed by atoms with Crippen molar-refractivity contribution in [1.82, 2.24) is 10.1 Å². The van der Waals surface area contributed by atoms with Gasteiger partial charge < -0.3 is 4.52 Å². The second-order valence-corrected chi connectivity index (χ2v) is 6.38. The van der Waals surface area contributed by atoms with Crippen LogP contribution in [-0.2, 0) is 6.54 Å². The summed E-state index contributed by atoms with van der Waals surface area (Å²) in [7, 11) is 0. The summed E-state index contributed by atoms with van der Waals surface area (Å²) in [6.45, 7) is 6.32. The predicted molar refractivity (Wildman–Crippen MR) is 72.7 cm³/mol. The van der Waals surface area contributed by atoms with Crippen molar-refractivity contribution in [1.29, 1.82) is 0 Å². The summed E-state index contributed by atoms with van der Waals surface area (Å²) < 4.78 is 5.21. The molecule has 0 radical (unpaired) electrons. The maximum absolute atomic E-state index is 5.21. The van der Waals surface area contributed by atoms with Crippen LogP contribution in [-0.4, -0.2) is 16.6 Å². The minimum Gasteiger partial charge on any atom is -0.361 e. The molecular formula is C14H18N2OS. The first-order valence-electron chi connectivity index (χ1n) is 6.45. The van der Waals surface area contributed by atoms with Crippen LogP contribution in [0.1, 0.15) is 40.1 Å². The number of aryl methyl sites for hydroxylation is 2. The molecule has 3 heterocycles. The zero-order valence-corrected chi connectivity index (χ0v) is 11.7. The van der Waals surface area contributed by atoms with Crippen molar-refractivity contribution in [2.24, 2.45) is 0 Å². The zero-order chi connectivity index (χ0) is 12.5. The Morgan fingerprint density at radius 2 is 2.33 bits per heavy atom. The van der Waals surface area contributed by atoms with Crippen molar-refractivity contribution in [2.45, 2.75) is 39.3 Å². The summed E-state index contributed by atoms with van der Waals surface area (Å²) in [5.74, 6) is 0.906. The van der Waals surface area contributed by atoms with Crippen LogP contribution in [0.5, 0.6) is 0 Å². The van der Waals surface area contributed by atoms with E-state index in [1.54, 1.807) is 0 Å². The smallest absolute Gasteiger partial charge is 0.133 e. The summed E-state index contributed by atoms with van der Waals surface area (Å²) in [5, 5.41) is 4.18. The molecule has 0 spiro atoms. The lowest BCUT2D eigenvalue weighted by molar-refractivity contribution is 0.238. The number of hydrogen-bond acceptors (Lipinski definition) is 4. The highest BCUT2D eigenvalue weighted by molar-refractivity contribution is 7.11. The van der Waals surface area contributed by atoms with Gasteiger partial charge in [0.25, 0.3) is 0 Å². The Morgan fingerprint density at radius 1 is 1.44 bits per heavy atom. The number of likely N-dealkylation sites (tertiary alicyclic amines) is 1. The first-order chi connectivity index (χ1) is 8.72. The van der Waals surface area contributed by atoms with E-state index in [4.69, 9.17) is 4.52 Å². The van der Waals surface area contributed by atoms with Crippen LogP contribution in [0.15, 0.2) is 22.7 Å². The van der Waals surface area contributed by atoms with Crippen LogP contribution >= 0.6 is 11.3 Å². The Labute approximate surface area is 111 Å². The third kappa shape index (κ3) is 2.35. The maximum atomic E-state index is 5.21. The zero-order valence-electron chi connectivity index (χ0n) is 10.8. The second-order valence-electron chi connectivity index (χ2n) is 5.00. The molecule has 0 bridgehead atoms. The fraction of sp³-hybridized carbons (Fsp3) is 0.500. The maximum Gasteiger partial charge on any atom is 0.133 e. The summed E-state index contributed by atoms with van der Waals surface area (Å²) in [4.78, 5) is 5.35. The van der Waals surface area contributed by atoms with E-state index in [9.17, 15) is 0 Å². The standard InChI is InChI=1S/C14H18N2OS/c1-10-8-13(15-17-10)14-4-3-7-16(14)9-12-6-5-11(2)18-12/h5-6,8,14H,3-4,7,9H2,1-2H3/t14-/m0/s1. The molecule has 1 aliphatic heterocycles. The summed E-state index contributed by atoms with van der Waals surface area (Å²) >= 11 is 1.89. The summed E-state index contributed by atoms with van der Waals surface area (Å²) in [5.41, 5.74) is 1.10. The van der Waals surface area contributed by atoms with Crippen LogP contribution in [0, 0.1) is 13.8 Å². The lowest BCUT2D eigenvalue weighted by Crippen LogP contribution is -2.22. The van der Waals surface area contributed by atoms with Gasteiger partial charge in [-0.3, -0.25) is 4.90 Å². The summed E-state index contributed by atoms with van der Waals surface area (Å²) in [6, 6.07) is 6.95. The number of aromatic nitrogens is 1. The fourth-order valence-electron chi connectivity index (χ4n) is 2.66. The predicted octanol–water partition coefficient (Wildman–Crippen LogP) is 3.69. The lowest BCUT2D eigenvalue weighted by atomic mass is 10.1. The van der Waals surface area contributed by atoms with Crippen LogP contribution in [0.3, 0.4) is 0 Å². The van der Waals surface area contributed by atoms with Gasteiger partial charge in [-0.25, -0.2) is 0 Å². The van der Waals surface area contributed by atoms with Gasteiger partial charge in [0.05, 0.1) is 6.04 Å². The topological polar surface area (TPSA) is 29.3 Å². The first-order valence-corrected chi connectivity index (χ1v) is 7.26. The number of rotatable bonds is 3. The molecule has 0 amide bonds. The highest BCUT2D eigenvalue weighted by Crippen LogP contribution is 2.33. The second kappa shape index (κ2) is 4.86. The Balaban J connectivity index is 1.75. The van der Waals surface area contributed by atoms with Crippen molar-refractivity contribution in [2.75, 3.05) is 6.54 Å². The molecule has 0 aliphatic carbocycles. The van der Waals surface area contributed by atoms with Crippen molar-refractivity contribution in [3.05, 3.63) is 39.4 Å². The number of nitrogens with zero attached hydrogens (tertiary/aromatic N) is 2. The van der Waals surface area contributed by atoms with E-state index in [2.05, 4.69) is 35.2 Å². The molecule has 3 rings (SSSR count). The molecule has 1 saturated heterocycles. The van der Waals surface area contributed by atoms with Crippen LogP contribution < -0.4 is 0 Å². The molecule has 2 aromatic heterocycles. The molecule has 18 heavy (non-hydrogen) atoms. The molecule has 1 fully saturated rings. The highest BCUT2D eigenvalue weighted by atomic mass is 32.1. The molecule has 1 aliphatic rings. The van der Waals surface area contributed by atoms with E-state index in [-0.39, 0.29) is 0 Å². The number of hydrogen-bond donors (Lipinski definition) is 0. The Bertz CT molecular complexity index is 531. The molecule has 96 valence electrons. The Hall–Kier alpha value is -1.13. The van der Waals surface area contributed by atoms with Gasteiger partial charge in [-0.15, -0.1) is 11.3 Å². The van der Waals surface area contributed by atoms with Crippen LogP contribution in [0.2, 0.25) is 0 Å². The van der Waals surface area contributed by atoms with Gasteiger partial charge in [-0.1, -0.05) is 5.16 Å². The van der Waals surface area contributed by atoms with E-state index >= 15 is 0 Å². The summed E-state index contributed by atoms with van der Waals surface area (Å²) in [6.07, 6.45) is 2.44. The van der Waals surface area contributed by atoms with E-state index < -0.39 is 0 Å². The minimum atomic E-state index is 0.435. The van der Waals surface area contributed by atoms with Gasteiger partial charge in [0.1, 0.15) is 11.5 Å². The Kier molecular flexibility index (Phi) is 3.22. The van der Waals surface area contributed by atoms with Gasteiger partial charge in [0.15, 0.2) is 0 Å². The molecule has 3 nitrogen and oxygen atoms in total. The fourth-order valence-corrected chi connectivity index (χ4v) is 3.58. The average molecular weight is 262 g/mol. The largest absolute Gasteiger partial charge is 0.361 e. The first kappa shape index (κ1) is 11.9. The van der Waals surface area contributed by atoms with Crippen LogP contribution in [0.25, 0.3) is 0 Å². The van der Waals surface area contributed by atoms with E-state index in [1.807, 2.05) is 18.3 Å². The Morgan fingerprint density at radius 3 is 3.00 bits per heavy atom. The SMILES string of the molecule is Cc1cc([C@@H]2CCCN2Cc2ccc(C)s2)no1. The third-order valence-corrected chi connectivity index (χ3v) is 4.49. The quantitative estimate of drug-likeness (QED) is 0.844. The van der Waals surface area contributed by atoms with Gasteiger partial charge in [0, 0.05) is 22.4 Å². The molecule has 2 aromatic rings. The molecule has 1 atom stereocenters. The van der Waals surface area contributed by atoms with E-state index in [1.165, 1.54) is 22.6 Å². The third-order valence-electron chi connectivity index (χ3n) is 3.51. The molecule has 0 saturated carbocycles. The normalized spacial score (nSPS) is 20.7. The van der Waals surface area contributed by atoms with Crippen molar-refractivity contribution in [3.63, 3.8) is 0 Å². The molecular weight excluding hydrogens is 244 g/mol. The molecule has 0 N–H and O–H groups in total. The van der Waals surface area contributed by atoms with Gasteiger partial charge >= 0.3 is 0 Å². The van der Waals surface area contributed by atoms with Gasteiger partial charge in [-0.2, -0.15) is 0 Å². The van der Waals surface area contributed by atoms with Gasteiger partial charge in [-0.05, 0) is 45.4 Å². The van der Waals surface area contributed by atoms with E-state index in [0.717, 1.165) is 24.5 Å². The van der Waals surface area contributed by atoms with Crippen molar-refractivity contribution < 1.29 is 4.52 Å². The highest BCUT2D eigenvalue weighted by Gasteiger charge is 2.28. The average Bonchev–Trinajstić information content (AvgIpc) is 3.01. The minimum absolute atomic E-state index is 0.435. The molecule has 0 aromatic carbocycles. The molecule has 0 unspecified atom stereocenters. The van der Waals surface area contributed by atoms with E-state index in [0.29, 0.717) is 6.04 Å².